The molecular formula is C24H23FN4O2. The van der Waals surface area contributed by atoms with Gasteiger partial charge in [0.2, 0.25) is 5.88 Å². The third kappa shape index (κ3) is 3.76. The van der Waals surface area contributed by atoms with Crippen LogP contribution in [0.15, 0.2) is 55.0 Å². The number of ether oxygens (including phenoxy) is 1. The van der Waals surface area contributed by atoms with Gasteiger partial charge in [0, 0.05) is 36.8 Å². The molecule has 0 radical (unpaired) electrons. The Morgan fingerprint density at radius 1 is 1.10 bits per heavy atom. The summed E-state index contributed by atoms with van der Waals surface area (Å²) in [5.41, 5.74) is 1.49. The Balaban J connectivity index is 1.45. The van der Waals surface area contributed by atoms with Crippen molar-refractivity contribution in [3.63, 3.8) is 0 Å². The van der Waals surface area contributed by atoms with Crippen molar-refractivity contribution < 1.29 is 13.9 Å². The van der Waals surface area contributed by atoms with Crippen molar-refractivity contribution >= 4 is 5.91 Å². The number of rotatable bonds is 4. The van der Waals surface area contributed by atoms with Gasteiger partial charge in [-0.25, -0.2) is 19.3 Å². The zero-order chi connectivity index (χ0) is 21.4. The molecule has 4 heterocycles. The summed E-state index contributed by atoms with van der Waals surface area (Å²) in [6, 6.07) is 9.96. The summed E-state index contributed by atoms with van der Waals surface area (Å²) in [7, 11) is 0. The number of benzene rings is 1. The average molecular weight is 418 g/mol. The molecule has 1 aliphatic carbocycles. The average Bonchev–Trinajstić information content (AvgIpc) is 2.81. The molecule has 2 aromatic heterocycles. The molecule has 0 unspecified atom stereocenters. The van der Waals surface area contributed by atoms with Gasteiger partial charge >= 0.3 is 0 Å². The number of halogens is 1. The summed E-state index contributed by atoms with van der Waals surface area (Å²) in [6.07, 6.45) is 7.53. The van der Waals surface area contributed by atoms with E-state index < -0.39 is 5.82 Å². The van der Waals surface area contributed by atoms with E-state index >= 15 is 0 Å². The molecule has 0 N–H and O–H groups in total. The van der Waals surface area contributed by atoms with Crippen molar-refractivity contribution in [3.8, 4) is 17.3 Å². The number of fused-ring (bicyclic) bond motifs is 3. The number of carbonyl (C=O) groups is 1. The number of nitrogens with zero attached hydrogens (tertiary/aromatic N) is 4. The molecule has 2 bridgehead atoms. The first-order valence-electron chi connectivity index (χ1n) is 10.6. The molecule has 6 nitrogen and oxygen atoms in total. The molecule has 6 rings (SSSR count). The lowest BCUT2D eigenvalue weighted by Crippen LogP contribution is -2.59. The van der Waals surface area contributed by atoms with Crippen LogP contribution in [0.5, 0.6) is 5.88 Å². The van der Waals surface area contributed by atoms with Gasteiger partial charge in [0.1, 0.15) is 11.9 Å². The number of amides is 1. The van der Waals surface area contributed by atoms with Crippen molar-refractivity contribution in [2.24, 2.45) is 5.92 Å². The number of hydrogen-bond acceptors (Lipinski definition) is 5. The van der Waals surface area contributed by atoms with Gasteiger partial charge in [-0.2, -0.15) is 0 Å². The smallest absolute Gasteiger partial charge is 0.257 e. The highest BCUT2D eigenvalue weighted by Gasteiger charge is 2.45. The lowest BCUT2D eigenvalue weighted by atomic mass is 9.77. The lowest BCUT2D eigenvalue weighted by Gasteiger charge is -2.49. The minimum atomic E-state index is -0.561. The maximum atomic E-state index is 14.9. The number of piperidine rings is 2. The number of aryl methyl sites for hydroxylation is 1. The first-order chi connectivity index (χ1) is 15.1. The molecule has 3 aliphatic rings. The van der Waals surface area contributed by atoms with E-state index in [-0.39, 0.29) is 23.6 Å². The number of carbonyl (C=O) groups excluding carboxylic acids is 1. The van der Waals surface area contributed by atoms with Crippen LogP contribution in [0.2, 0.25) is 0 Å². The van der Waals surface area contributed by atoms with Gasteiger partial charge in [-0.05, 0) is 49.8 Å². The van der Waals surface area contributed by atoms with Crippen LogP contribution in [0.1, 0.15) is 35.2 Å². The fourth-order valence-electron chi connectivity index (χ4n) is 4.68. The summed E-state index contributed by atoms with van der Waals surface area (Å²) < 4.78 is 21.1. The van der Waals surface area contributed by atoms with Gasteiger partial charge in [-0.15, -0.1) is 0 Å². The number of aromatic nitrogens is 3. The van der Waals surface area contributed by atoms with Gasteiger partial charge in [0.05, 0.1) is 11.6 Å². The summed E-state index contributed by atoms with van der Waals surface area (Å²) >= 11 is 0. The second kappa shape index (κ2) is 8.06. The highest BCUT2D eigenvalue weighted by Crippen LogP contribution is 2.38. The molecule has 31 heavy (non-hydrogen) atoms. The Bertz CT molecular complexity index is 1090. The SMILES string of the molecule is Cc1ccc(O[C@@H]2C[C@@H]3CC[C@@H]2N(C(=O)c2c(F)cccc2-c2ncccn2)C3)nc1. The zero-order valence-corrected chi connectivity index (χ0v) is 17.2. The topological polar surface area (TPSA) is 68.2 Å². The molecule has 1 amide bonds. The normalized spacial score (nSPS) is 22.4. The standard InChI is InChI=1S/C24H23FN4O2/c1-15-6-9-21(28-13-15)31-20-12-16-7-8-19(20)29(14-16)24(30)22-17(4-2-5-18(22)25)23-26-10-3-11-27-23/h2-6,9-11,13,16,19-20H,7-8,12,14H2,1H3/t16-,19-,20+/m0/s1. The summed E-state index contributed by atoms with van der Waals surface area (Å²) in [5.74, 6) is 0.325. The Kier molecular flexibility index (Phi) is 5.10. The van der Waals surface area contributed by atoms with Crippen LogP contribution in [0.3, 0.4) is 0 Å². The minimum Gasteiger partial charge on any atom is -0.472 e. The maximum absolute atomic E-state index is 14.9. The van der Waals surface area contributed by atoms with E-state index in [9.17, 15) is 9.18 Å². The molecule has 7 heteroatoms. The van der Waals surface area contributed by atoms with Crippen molar-refractivity contribution in [2.75, 3.05) is 6.54 Å². The third-order valence-corrected chi connectivity index (χ3v) is 6.17. The molecule has 2 saturated heterocycles. The van der Waals surface area contributed by atoms with Crippen LogP contribution in [-0.2, 0) is 0 Å². The van der Waals surface area contributed by atoms with Crippen molar-refractivity contribution in [1.29, 1.82) is 0 Å². The monoisotopic (exact) mass is 418 g/mol. The molecule has 3 aromatic rings. The maximum Gasteiger partial charge on any atom is 0.257 e. The minimum absolute atomic E-state index is 0.0217. The predicted octanol–water partition coefficient (Wildman–Crippen LogP) is 4.06. The Morgan fingerprint density at radius 2 is 1.94 bits per heavy atom. The van der Waals surface area contributed by atoms with E-state index in [0.29, 0.717) is 29.7 Å². The van der Waals surface area contributed by atoms with E-state index in [2.05, 4.69) is 15.0 Å². The zero-order valence-electron chi connectivity index (χ0n) is 17.2. The fraction of sp³-hybridized carbons (Fsp3) is 0.333. The van der Waals surface area contributed by atoms with Crippen molar-refractivity contribution in [2.45, 2.75) is 38.3 Å². The van der Waals surface area contributed by atoms with Gasteiger partial charge in [-0.3, -0.25) is 4.79 Å². The molecule has 1 aromatic carbocycles. The molecular weight excluding hydrogens is 395 g/mol. The quantitative estimate of drug-likeness (QED) is 0.639. The molecule has 158 valence electrons. The van der Waals surface area contributed by atoms with Gasteiger partial charge in [-0.1, -0.05) is 18.2 Å². The van der Waals surface area contributed by atoms with Gasteiger partial charge < -0.3 is 9.64 Å². The van der Waals surface area contributed by atoms with Gasteiger partial charge in [0.25, 0.3) is 5.91 Å². The first kappa shape index (κ1) is 19.6. The second-order valence-electron chi connectivity index (χ2n) is 8.27. The largest absolute Gasteiger partial charge is 0.472 e. The summed E-state index contributed by atoms with van der Waals surface area (Å²) in [5, 5.41) is 0. The summed E-state index contributed by atoms with van der Waals surface area (Å²) in [4.78, 5) is 28.2. The number of hydrogen-bond donors (Lipinski definition) is 0. The Morgan fingerprint density at radius 3 is 2.68 bits per heavy atom. The van der Waals surface area contributed by atoms with E-state index in [1.807, 2.05) is 19.1 Å². The molecule has 2 aliphatic heterocycles. The van der Waals surface area contributed by atoms with Gasteiger partial charge in [0.15, 0.2) is 5.82 Å². The van der Waals surface area contributed by atoms with Crippen LogP contribution in [0.25, 0.3) is 11.4 Å². The Labute approximate surface area is 180 Å². The second-order valence-corrected chi connectivity index (χ2v) is 8.27. The molecule has 1 saturated carbocycles. The van der Waals surface area contributed by atoms with Crippen LogP contribution in [-0.4, -0.2) is 44.4 Å². The lowest BCUT2D eigenvalue weighted by molar-refractivity contribution is -0.0315. The molecule has 0 spiro atoms. The first-order valence-corrected chi connectivity index (χ1v) is 10.6. The van der Waals surface area contributed by atoms with Crippen molar-refractivity contribution in [3.05, 3.63) is 71.9 Å². The predicted molar refractivity (Wildman–Crippen MR) is 113 cm³/mol. The van der Waals surface area contributed by atoms with E-state index in [4.69, 9.17) is 4.74 Å². The van der Waals surface area contributed by atoms with Crippen LogP contribution in [0.4, 0.5) is 4.39 Å². The highest BCUT2D eigenvalue weighted by molar-refractivity contribution is 6.00. The van der Waals surface area contributed by atoms with Crippen LogP contribution >= 0.6 is 0 Å². The highest BCUT2D eigenvalue weighted by atomic mass is 19.1. The molecule has 3 fully saturated rings. The molecule has 3 atom stereocenters. The van der Waals surface area contributed by atoms with Crippen LogP contribution in [0, 0.1) is 18.7 Å². The van der Waals surface area contributed by atoms with E-state index in [1.54, 1.807) is 41.7 Å². The van der Waals surface area contributed by atoms with Crippen molar-refractivity contribution in [1.82, 2.24) is 19.9 Å². The summed E-state index contributed by atoms with van der Waals surface area (Å²) in [6.45, 7) is 2.58. The van der Waals surface area contributed by atoms with Crippen LogP contribution < -0.4 is 4.74 Å². The van der Waals surface area contributed by atoms with E-state index in [1.165, 1.54) is 6.07 Å². The van der Waals surface area contributed by atoms with E-state index in [0.717, 1.165) is 24.8 Å². The fourth-order valence-corrected chi connectivity index (χ4v) is 4.68. The number of pyridine rings is 1. The Hall–Kier alpha value is -3.35. The third-order valence-electron chi connectivity index (χ3n) is 6.17.